The third-order valence-electron chi connectivity index (χ3n) is 6.22. The zero-order valence-corrected chi connectivity index (χ0v) is 21.9. The maximum Gasteiger partial charge on any atom is 0.338 e. The van der Waals surface area contributed by atoms with Gasteiger partial charge in [0.15, 0.2) is 0 Å². The number of likely N-dealkylation sites (N-methyl/N-ethyl adjacent to an activating group) is 1. The van der Waals surface area contributed by atoms with E-state index in [1.54, 1.807) is 30.0 Å². The van der Waals surface area contributed by atoms with Gasteiger partial charge in [0.2, 0.25) is 0 Å². The van der Waals surface area contributed by atoms with Crippen molar-refractivity contribution in [1.29, 1.82) is 0 Å². The van der Waals surface area contributed by atoms with Gasteiger partial charge < -0.3 is 20.3 Å². The molecular weight excluding hydrogens is 470 g/mol. The molecule has 1 fully saturated rings. The van der Waals surface area contributed by atoms with Crippen molar-refractivity contribution < 1.29 is 19.1 Å². The van der Waals surface area contributed by atoms with E-state index >= 15 is 0 Å². The van der Waals surface area contributed by atoms with E-state index in [0.717, 1.165) is 0 Å². The topological polar surface area (TPSA) is 94.2 Å². The fourth-order valence-electron chi connectivity index (χ4n) is 4.62. The third-order valence-corrected chi connectivity index (χ3v) is 6.57. The minimum absolute atomic E-state index is 0.0269. The van der Waals surface area contributed by atoms with Crippen LogP contribution < -0.4 is 10.6 Å². The first-order valence-electron chi connectivity index (χ1n) is 12.2. The number of amides is 4. The zero-order chi connectivity index (χ0) is 25.7. The lowest BCUT2D eigenvalue weighted by Gasteiger charge is -2.43. The lowest BCUT2D eigenvalue weighted by Crippen LogP contribution is -2.58. The van der Waals surface area contributed by atoms with E-state index in [0.29, 0.717) is 54.6 Å². The van der Waals surface area contributed by atoms with E-state index in [2.05, 4.69) is 15.5 Å². The molecule has 1 saturated heterocycles. The van der Waals surface area contributed by atoms with Gasteiger partial charge in [0.05, 0.1) is 18.2 Å². The summed E-state index contributed by atoms with van der Waals surface area (Å²) >= 11 is 6.47. The minimum Gasteiger partial charge on any atom is -0.463 e. The Bertz CT molecular complexity index is 982. The molecule has 2 N–H and O–H groups in total. The number of urea groups is 2. The molecule has 3 rings (SSSR count). The predicted octanol–water partition coefficient (Wildman–Crippen LogP) is 3.37. The number of hydrogen-bond acceptors (Lipinski definition) is 5. The van der Waals surface area contributed by atoms with Crippen LogP contribution in [0.5, 0.6) is 0 Å². The van der Waals surface area contributed by atoms with Crippen LogP contribution in [0.25, 0.3) is 0 Å². The molecule has 192 valence electrons. The molecule has 10 heteroatoms. The minimum atomic E-state index is -0.719. The molecule has 0 radical (unpaired) electrons. The monoisotopic (exact) mass is 505 g/mol. The second kappa shape index (κ2) is 11.8. The van der Waals surface area contributed by atoms with Crippen LogP contribution in [-0.2, 0) is 9.53 Å². The normalized spacial score (nSPS) is 21.3. The van der Waals surface area contributed by atoms with Gasteiger partial charge in [-0.2, -0.15) is 0 Å². The summed E-state index contributed by atoms with van der Waals surface area (Å²) in [5.41, 5.74) is 1.63. The molecule has 4 amide bonds. The highest BCUT2D eigenvalue weighted by molar-refractivity contribution is 6.31. The number of carbonyl (C=O) groups excluding carboxylic acids is 3. The number of esters is 1. The van der Waals surface area contributed by atoms with E-state index in [1.165, 1.54) is 0 Å². The molecule has 1 aromatic rings. The standard InChI is InChI=1S/C25H36ClN5O4/c1-6-30-20(15-29-12-13-31(17(5)14-29)24(33)27-16(3)4)21(23(32)35-7-2)22(28-25(30)34)18-10-8-9-11-19(18)26/h8-11,16-17,22H,6-7,12-15H2,1-5H3,(H,27,33)(H,28,34). The molecule has 9 nitrogen and oxygen atoms in total. The van der Waals surface area contributed by atoms with E-state index in [4.69, 9.17) is 16.3 Å². The summed E-state index contributed by atoms with van der Waals surface area (Å²) < 4.78 is 5.43. The average molecular weight is 506 g/mol. The van der Waals surface area contributed by atoms with Crippen LogP contribution in [0, 0.1) is 0 Å². The van der Waals surface area contributed by atoms with Crippen LogP contribution in [0.2, 0.25) is 5.02 Å². The number of nitrogens with one attached hydrogen (secondary N) is 2. The number of hydrogen-bond donors (Lipinski definition) is 2. The average Bonchev–Trinajstić information content (AvgIpc) is 2.79. The summed E-state index contributed by atoms with van der Waals surface area (Å²) in [6.07, 6.45) is 0. The zero-order valence-electron chi connectivity index (χ0n) is 21.1. The Morgan fingerprint density at radius 3 is 2.54 bits per heavy atom. The number of carbonyl (C=O) groups is 3. The summed E-state index contributed by atoms with van der Waals surface area (Å²) in [6, 6.07) is 6.12. The van der Waals surface area contributed by atoms with Crippen LogP contribution in [0.4, 0.5) is 9.59 Å². The maximum absolute atomic E-state index is 13.2. The molecule has 0 spiro atoms. The summed E-state index contributed by atoms with van der Waals surface area (Å²) in [5, 5.41) is 6.36. The molecule has 2 heterocycles. The first-order valence-corrected chi connectivity index (χ1v) is 12.6. The van der Waals surface area contributed by atoms with Crippen molar-refractivity contribution in [2.24, 2.45) is 0 Å². The van der Waals surface area contributed by atoms with Crippen molar-refractivity contribution in [2.75, 3.05) is 39.3 Å². The Morgan fingerprint density at radius 1 is 1.23 bits per heavy atom. The highest BCUT2D eigenvalue weighted by atomic mass is 35.5. The van der Waals surface area contributed by atoms with Gasteiger partial charge >= 0.3 is 18.0 Å². The van der Waals surface area contributed by atoms with E-state index in [1.807, 2.05) is 38.7 Å². The van der Waals surface area contributed by atoms with Gasteiger partial charge in [0.1, 0.15) is 0 Å². The fraction of sp³-hybridized carbons (Fsp3) is 0.560. The van der Waals surface area contributed by atoms with Gasteiger partial charge in [-0.3, -0.25) is 9.80 Å². The molecule has 2 unspecified atom stereocenters. The van der Waals surface area contributed by atoms with Gasteiger partial charge in [-0.15, -0.1) is 0 Å². The Labute approximate surface area is 212 Å². The highest BCUT2D eigenvalue weighted by Gasteiger charge is 2.39. The Hall–Kier alpha value is -2.78. The highest BCUT2D eigenvalue weighted by Crippen LogP contribution is 2.35. The number of nitrogens with zero attached hydrogens (tertiary/aromatic N) is 3. The molecule has 2 aliphatic heterocycles. The molecule has 1 aromatic carbocycles. The first-order chi connectivity index (χ1) is 16.7. The van der Waals surface area contributed by atoms with Crippen molar-refractivity contribution in [1.82, 2.24) is 25.3 Å². The molecular formula is C25H36ClN5O4. The number of halogens is 1. The lowest BCUT2D eigenvalue weighted by atomic mass is 9.94. The smallest absolute Gasteiger partial charge is 0.338 e. The van der Waals surface area contributed by atoms with Gasteiger partial charge in [0, 0.05) is 55.5 Å². The quantitative estimate of drug-likeness (QED) is 0.554. The van der Waals surface area contributed by atoms with E-state index in [-0.39, 0.29) is 30.8 Å². The Kier molecular flexibility index (Phi) is 9.02. The van der Waals surface area contributed by atoms with Gasteiger partial charge in [-0.25, -0.2) is 14.4 Å². The second-order valence-corrected chi connectivity index (χ2v) is 9.52. The van der Waals surface area contributed by atoms with Crippen LogP contribution in [0.3, 0.4) is 0 Å². The second-order valence-electron chi connectivity index (χ2n) is 9.11. The number of piperazine rings is 1. The Morgan fingerprint density at radius 2 is 1.94 bits per heavy atom. The molecule has 0 aromatic heterocycles. The van der Waals surface area contributed by atoms with E-state index < -0.39 is 12.0 Å². The third kappa shape index (κ3) is 6.08. The van der Waals surface area contributed by atoms with Crippen molar-refractivity contribution in [3.63, 3.8) is 0 Å². The van der Waals surface area contributed by atoms with Gasteiger partial charge in [-0.05, 0) is 46.2 Å². The van der Waals surface area contributed by atoms with Gasteiger partial charge in [0.25, 0.3) is 0 Å². The van der Waals surface area contributed by atoms with E-state index in [9.17, 15) is 14.4 Å². The Balaban J connectivity index is 1.95. The summed E-state index contributed by atoms with van der Waals surface area (Å²) in [5.74, 6) is -0.478. The van der Waals surface area contributed by atoms with Crippen LogP contribution in [0.1, 0.15) is 46.2 Å². The van der Waals surface area contributed by atoms with Crippen molar-refractivity contribution in [3.8, 4) is 0 Å². The maximum atomic E-state index is 13.2. The van der Waals surface area contributed by atoms with Crippen LogP contribution in [0.15, 0.2) is 35.5 Å². The molecule has 35 heavy (non-hydrogen) atoms. The van der Waals surface area contributed by atoms with Crippen molar-refractivity contribution in [2.45, 2.75) is 52.7 Å². The molecule has 0 bridgehead atoms. The molecule has 0 saturated carbocycles. The molecule has 2 atom stereocenters. The first kappa shape index (κ1) is 26.8. The number of ether oxygens (including phenoxy) is 1. The lowest BCUT2D eigenvalue weighted by molar-refractivity contribution is -0.139. The number of benzene rings is 1. The van der Waals surface area contributed by atoms with Crippen molar-refractivity contribution in [3.05, 3.63) is 46.1 Å². The van der Waals surface area contributed by atoms with Gasteiger partial charge in [-0.1, -0.05) is 29.8 Å². The van der Waals surface area contributed by atoms with Crippen LogP contribution in [-0.4, -0.2) is 84.1 Å². The fourth-order valence-corrected chi connectivity index (χ4v) is 4.86. The SMILES string of the molecule is CCOC(=O)C1=C(CN2CCN(C(=O)NC(C)C)C(C)C2)N(CC)C(=O)NC1c1ccccc1Cl. The summed E-state index contributed by atoms with van der Waals surface area (Å²) in [6.45, 7) is 12.3. The number of rotatable bonds is 7. The van der Waals surface area contributed by atoms with Crippen molar-refractivity contribution >= 4 is 29.6 Å². The van der Waals surface area contributed by atoms with Crippen LogP contribution >= 0.6 is 11.6 Å². The predicted molar refractivity (Wildman–Crippen MR) is 135 cm³/mol. The molecule has 0 aliphatic carbocycles. The summed E-state index contributed by atoms with van der Waals surface area (Å²) in [4.78, 5) is 44.5. The largest absolute Gasteiger partial charge is 0.463 e. The molecule has 2 aliphatic rings. The summed E-state index contributed by atoms with van der Waals surface area (Å²) in [7, 11) is 0.